The van der Waals surface area contributed by atoms with Gasteiger partial charge in [-0.05, 0) is 30.0 Å². The molecule has 0 aromatic heterocycles. The van der Waals surface area contributed by atoms with E-state index in [4.69, 9.17) is 5.11 Å². The fraction of sp³-hybridized carbons (Fsp3) is 0.308. The molecular weight excluding hydrogens is 287 g/mol. The van der Waals surface area contributed by atoms with Crippen molar-refractivity contribution < 1.29 is 14.3 Å². The van der Waals surface area contributed by atoms with Crippen molar-refractivity contribution in [3.8, 4) is 0 Å². The van der Waals surface area contributed by atoms with E-state index in [0.29, 0.717) is 5.56 Å². The molecule has 0 unspecified atom stereocenters. The smallest absolute Gasteiger partial charge is 0.303 e. The average molecular weight is 301 g/mol. The van der Waals surface area contributed by atoms with Crippen LogP contribution < -0.4 is 0 Å². The summed E-state index contributed by atoms with van der Waals surface area (Å²) in [5.74, 6) is -1.25. The molecule has 0 amide bonds. The van der Waals surface area contributed by atoms with Gasteiger partial charge >= 0.3 is 5.97 Å². The minimum atomic E-state index is -0.911. The van der Waals surface area contributed by atoms with Crippen LogP contribution in [0.5, 0.6) is 0 Å². The number of carboxylic acid groups (broad SMARTS) is 1. The van der Waals surface area contributed by atoms with Gasteiger partial charge in [-0.2, -0.15) is 0 Å². The number of allylic oxidation sites excluding steroid dienone is 1. The minimum Gasteiger partial charge on any atom is -0.481 e. The van der Waals surface area contributed by atoms with Gasteiger partial charge in [-0.3, -0.25) is 4.79 Å². The SMILES string of the molecule is O=C(O)CCc1ccc(C=CCCBr)cc1F. The number of hydrogen-bond acceptors (Lipinski definition) is 1. The topological polar surface area (TPSA) is 37.3 Å². The van der Waals surface area contributed by atoms with E-state index < -0.39 is 5.97 Å². The second-order valence-electron chi connectivity index (χ2n) is 3.62. The Labute approximate surface area is 108 Å². The highest BCUT2D eigenvalue weighted by atomic mass is 79.9. The molecule has 4 heteroatoms. The summed E-state index contributed by atoms with van der Waals surface area (Å²) in [6, 6.07) is 4.87. The molecule has 1 rings (SSSR count). The highest BCUT2D eigenvalue weighted by Crippen LogP contribution is 2.14. The van der Waals surface area contributed by atoms with Crippen molar-refractivity contribution in [3.05, 3.63) is 41.2 Å². The van der Waals surface area contributed by atoms with Crippen molar-refractivity contribution in [1.82, 2.24) is 0 Å². The summed E-state index contributed by atoms with van der Waals surface area (Å²) >= 11 is 3.30. The third-order valence-corrected chi connectivity index (χ3v) is 2.73. The van der Waals surface area contributed by atoms with Gasteiger partial charge in [0.1, 0.15) is 5.82 Å². The average Bonchev–Trinajstić information content (AvgIpc) is 2.28. The van der Waals surface area contributed by atoms with E-state index >= 15 is 0 Å². The molecule has 0 spiro atoms. The first-order valence-electron chi connectivity index (χ1n) is 5.36. The maximum atomic E-state index is 13.6. The molecule has 17 heavy (non-hydrogen) atoms. The van der Waals surface area contributed by atoms with E-state index in [1.165, 1.54) is 6.07 Å². The zero-order chi connectivity index (χ0) is 12.7. The number of alkyl halides is 1. The Bertz CT molecular complexity index is 416. The predicted octanol–water partition coefficient (Wildman–Crippen LogP) is 3.64. The number of hydrogen-bond donors (Lipinski definition) is 1. The van der Waals surface area contributed by atoms with E-state index in [9.17, 15) is 9.18 Å². The monoisotopic (exact) mass is 300 g/mol. The van der Waals surface area contributed by atoms with Crippen LogP contribution >= 0.6 is 15.9 Å². The molecule has 0 radical (unpaired) electrons. The highest BCUT2D eigenvalue weighted by Gasteiger charge is 2.05. The van der Waals surface area contributed by atoms with Crippen molar-refractivity contribution >= 4 is 28.0 Å². The molecule has 1 N–H and O–H groups in total. The minimum absolute atomic E-state index is 0.0459. The maximum absolute atomic E-state index is 13.6. The summed E-state index contributed by atoms with van der Waals surface area (Å²) in [5.41, 5.74) is 1.24. The number of rotatable bonds is 6. The van der Waals surface area contributed by atoms with Crippen LogP contribution in [0.2, 0.25) is 0 Å². The molecule has 0 saturated heterocycles. The Hall–Kier alpha value is -1.16. The van der Waals surface area contributed by atoms with Crippen LogP contribution in [-0.4, -0.2) is 16.4 Å². The second kappa shape index (κ2) is 7.22. The lowest BCUT2D eigenvalue weighted by atomic mass is 10.1. The molecular formula is C13H14BrFO2. The fourth-order valence-corrected chi connectivity index (χ4v) is 1.66. The van der Waals surface area contributed by atoms with Crippen LogP contribution in [0.15, 0.2) is 24.3 Å². The number of carboxylic acids is 1. The number of carbonyl (C=O) groups is 1. The molecule has 92 valence electrons. The first-order chi connectivity index (χ1) is 8.13. The van der Waals surface area contributed by atoms with Gasteiger partial charge in [0.15, 0.2) is 0 Å². The standard InChI is InChI=1S/C13H14BrFO2/c14-8-2-1-3-10-4-5-11(12(15)9-10)6-7-13(16)17/h1,3-5,9H,2,6-8H2,(H,16,17). The van der Waals surface area contributed by atoms with E-state index in [2.05, 4.69) is 15.9 Å². The zero-order valence-electron chi connectivity index (χ0n) is 9.33. The summed E-state index contributed by atoms with van der Waals surface area (Å²) < 4.78 is 13.6. The Kier molecular flexibility index (Phi) is 5.91. The summed E-state index contributed by atoms with van der Waals surface area (Å²) in [6.07, 6.45) is 4.89. The molecule has 0 fully saturated rings. The van der Waals surface area contributed by atoms with Crippen molar-refractivity contribution in [3.63, 3.8) is 0 Å². The van der Waals surface area contributed by atoms with Crippen molar-refractivity contribution in [2.24, 2.45) is 0 Å². The molecule has 1 aromatic carbocycles. The van der Waals surface area contributed by atoms with E-state index in [0.717, 1.165) is 17.3 Å². The summed E-state index contributed by atoms with van der Waals surface area (Å²) in [5, 5.41) is 9.40. The Morgan fingerprint density at radius 2 is 2.24 bits per heavy atom. The third-order valence-electron chi connectivity index (χ3n) is 2.27. The molecule has 0 saturated carbocycles. The Morgan fingerprint density at radius 1 is 1.47 bits per heavy atom. The lowest BCUT2D eigenvalue weighted by Gasteiger charge is -2.02. The van der Waals surface area contributed by atoms with Crippen LogP contribution in [0.3, 0.4) is 0 Å². The molecule has 0 atom stereocenters. The van der Waals surface area contributed by atoms with Gasteiger partial charge in [-0.15, -0.1) is 0 Å². The number of aryl methyl sites for hydroxylation is 1. The van der Waals surface area contributed by atoms with Crippen LogP contribution in [-0.2, 0) is 11.2 Å². The Balaban J connectivity index is 2.68. The zero-order valence-corrected chi connectivity index (χ0v) is 10.9. The molecule has 0 aliphatic rings. The quantitative estimate of drug-likeness (QED) is 0.815. The van der Waals surface area contributed by atoms with Crippen molar-refractivity contribution in [1.29, 1.82) is 0 Å². The third kappa shape index (κ3) is 5.13. The van der Waals surface area contributed by atoms with Gasteiger partial charge in [0, 0.05) is 11.8 Å². The predicted molar refractivity (Wildman–Crippen MR) is 69.8 cm³/mol. The molecule has 0 aliphatic carbocycles. The summed E-state index contributed by atoms with van der Waals surface area (Å²) in [6.45, 7) is 0. The normalized spacial score (nSPS) is 10.9. The van der Waals surface area contributed by atoms with Crippen LogP contribution in [0.4, 0.5) is 4.39 Å². The van der Waals surface area contributed by atoms with Gasteiger partial charge in [0.25, 0.3) is 0 Å². The summed E-state index contributed by atoms with van der Waals surface area (Å²) in [4.78, 5) is 10.4. The van der Waals surface area contributed by atoms with Gasteiger partial charge < -0.3 is 5.11 Å². The largest absolute Gasteiger partial charge is 0.481 e. The first-order valence-corrected chi connectivity index (χ1v) is 6.48. The van der Waals surface area contributed by atoms with E-state index in [-0.39, 0.29) is 18.7 Å². The molecule has 2 nitrogen and oxygen atoms in total. The van der Waals surface area contributed by atoms with Crippen LogP contribution in [0.25, 0.3) is 6.08 Å². The maximum Gasteiger partial charge on any atom is 0.303 e. The number of benzene rings is 1. The number of halogens is 2. The lowest BCUT2D eigenvalue weighted by molar-refractivity contribution is -0.136. The van der Waals surface area contributed by atoms with Gasteiger partial charge in [0.05, 0.1) is 0 Å². The van der Waals surface area contributed by atoms with Gasteiger partial charge in [-0.25, -0.2) is 4.39 Å². The summed E-state index contributed by atoms with van der Waals surface area (Å²) in [7, 11) is 0. The second-order valence-corrected chi connectivity index (χ2v) is 4.42. The van der Waals surface area contributed by atoms with Crippen molar-refractivity contribution in [2.45, 2.75) is 19.3 Å². The molecule has 0 aliphatic heterocycles. The van der Waals surface area contributed by atoms with Crippen LogP contribution in [0, 0.1) is 5.82 Å². The molecule has 0 bridgehead atoms. The van der Waals surface area contributed by atoms with Crippen molar-refractivity contribution in [2.75, 3.05) is 5.33 Å². The van der Waals surface area contributed by atoms with Gasteiger partial charge in [0.2, 0.25) is 0 Å². The molecule has 1 aromatic rings. The lowest BCUT2D eigenvalue weighted by Crippen LogP contribution is -1.99. The van der Waals surface area contributed by atoms with Crippen LogP contribution in [0.1, 0.15) is 24.0 Å². The Morgan fingerprint density at radius 3 is 2.82 bits per heavy atom. The highest BCUT2D eigenvalue weighted by molar-refractivity contribution is 9.09. The van der Waals surface area contributed by atoms with Gasteiger partial charge in [-0.1, -0.05) is 40.2 Å². The number of aliphatic carboxylic acids is 1. The van der Waals surface area contributed by atoms with E-state index in [1.54, 1.807) is 12.1 Å². The molecule has 0 heterocycles. The van der Waals surface area contributed by atoms with E-state index in [1.807, 2.05) is 12.2 Å². The first kappa shape index (κ1) is 13.9. The fourth-order valence-electron chi connectivity index (χ4n) is 1.39.